The maximum atomic E-state index is 12.9. The molecular formula is C20H25ClN4O2. The molecule has 0 radical (unpaired) electrons. The molecule has 0 spiro atoms. The van der Waals surface area contributed by atoms with Crippen LogP contribution >= 0.6 is 11.6 Å². The Hall–Kier alpha value is -2.34. The fourth-order valence-corrected chi connectivity index (χ4v) is 3.55. The second-order valence-corrected chi connectivity index (χ2v) is 7.34. The molecule has 7 heteroatoms. The highest BCUT2D eigenvalue weighted by Crippen LogP contribution is 2.24. The van der Waals surface area contributed by atoms with Crippen molar-refractivity contribution in [1.29, 1.82) is 0 Å². The fraction of sp³-hybridized carbons (Fsp3) is 0.450. The van der Waals surface area contributed by atoms with E-state index in [1.807, 2.05) is 23.6 Å². The van der Waals surface area contributed by atoms with Crippen LogP contribution in [0.3, 0.4) is 0 Å². The minimum Gasteiger partial charge on any atom is -0.327 e. The summed E-state index contributed by atoms with van der Waals surface area (Å²) in [6.45, 7) is 4.82. The summed E-state index contributed by atoms with van der Waals surface area (Å²) in [5.41, 5.74) is 0.823. The lowest BCUT2D eigenvalue weighted by atomic mass is 10.0. The molecule has 2 heterocycles. The highest BCUT2D eigenvalue weighted by atomic mass is 35.5. The Morgan fingerprint density at radius 1 is 1.30 bits per heavy atom. The quantitative estimate of drug-likeness (QED) is 0.763. The van der Waals surface area contributed by atoms with Gasteiger partial charge in [-0.15, -0.1) is 0 Å². The number of carbonyl (C=O) groups is 2. The Bertz CT molecular complexity index is 803. The number of benzene rings is 1. The summed E-state index contributed by atoms with van der Waals surface area (Å²) >= 11 is 5.97. The van der Waals surface area contributed by atoms with E-state index in [-0.39, 0.29) is 30.9 Å². The van der Waals surface area contributed by atoms with Gasteiger partial charge in [0.25, 0.3) is 0 Å². The van der Waals surface area contributed by atoms with E-state index in [0.717, 1.165) is 30.8 Å². The molecule has 0 bridgehead atoms. The van der Waals surface area contributed by atoms with Gasteiger partial charge in [0.15, 0.2) is 0 Å². The molecule has 3 rings (SSSR count). The van der Waals surface area contributed by atoms with Gasteiger partial charge in [0, 0.05) is 29.6 Å². The van der Waals surface area contributed by atoms with Crippen molar-refractivity contribution in [2.75, 3.05) is 18.0 Å². The van der Waals surface area contributed by atoms with E-state index < -0.39 is 0 Å². The molecule has 0 aliphatic carbocycles. The maximum absolute atomic E-state index is 12.9. The fourth-order valence-electron chi connectivity index (χ4n) is 3.43. The topological polar surface area (TPSA) is 58.4 Å². The first-order valence-electron chi connectivity index (χ1n) is 9.32. The summed E-state index contributed by atoms with van der Waals surface area (Å²) < 4.78 is 1.81. The lowest BCUT2D eigenvalue weighted by molar-refractivity contribution is -0.140. The Morgan fingerprint density at radius 2 is 2.04 bits per heavy atom. The molecule has 0 N–H and O–H groups in total. The molecule has 2 amide bonds. The number of hydrogen-bond donors (Lipinski definition) is 0. The number of amides is 2. The zero-order valence-corrected chi connectivity index (χ0v) is 16.5. The van der Waals surface area contributed by atoms with Crippen molar-refractivity contribution in [2.24, 2.45) is 0 Å². The number of anilines is 1. The zero-order valence-electron chi connectivity index (χ0n) is 15.8. The molecule has 1 aliphatic heterocycles. The molecule has 1 aromatic heterocycles. The highest BCUT2D eigenvalue weighted by molar-refractivity contribution is 6.30. The number of imidazole rings is 1. The zero-order chi connectivity index (χ0) is 19.4. The maximum Gasteiger partial charge on any atom is 0.246 e. The van der Waals surface area contributed by atoms with Crippen LogP contribution < -0.4 is 4.90 Å². The Kier molecular flexibility index (Phi) is 6.16. The van der Waals surface area contributed by atoms with Crippen LogP contribution in [0.25, 0.3) is 0 Å². The predicted molar refractivity (Wildman–Crippen MR) is 106 cm³/mol. The van der Waals surface area contributed by atoms with Crippen LogP contribution in [-0.4, -0.2) is 45.4 Å². The van der Waals surface area contributed by atoms with E-state index in [1.165, 1.54) is 0 Å². The second-order valence-electron chi connectivity index (χ2n) is 6.90. The predicted octanol–water partition coefficient (Wildman–Crippen LogP) is 3.28. The van der Waals surface area contributed by atoms with Crippen LogP contribution in [-0.2, 0) is 16.1 Å². The second kappa shape index (κ2) is 8.57. The Balaban J connectivity index is 1.77. The van der Waals surface area contributed by atoms with Gasteiger partial charge in [-0.05, 0) is 37.6 Å². The first-order chi connectivity index (χ1) is 13.0. The third-order valence-corrected chi connectivity index (χ3v) is 5.27. The van der Waals surface area contributed by atoms with E-state index in [2.05, 4.69) is 11.9 Å². The van der Waals surface area contributed by atoms with Crippen LogP contribution in [0.1, 0.15) is 32.0 Å². The van der Waals surface area contributed by atoms with E-state index >= 15 is 0 Å². The van der Waals surface area contributed by atoms with Crippen LogP contribution in [0.5, 0.6) is 0 Å². The van der Waals surface area contributed by atoms with Crippen molar-refractivity contribution in [1.82, 2.24) is 14.5 Å². The van der Waals surface area contributed by atoms with E-state index in [0.29, 0.717) is 11.6 Å². The van der Waals surface area contributed by atoms with Gasteiger partial charge in [-0.3, -0.25) is 9.59 Å². The van der Waals surface area contributed by atoms with Gasteiger partial charge < -0.3 is 14.4 Å². The van der Waals surface area contributed by atoms with Crippen molar-refractivity contribution < 1.29 is 9.59 Å². The number of unbranched alkanes of at least 4 members (excludes halogenated alkanes) is 1. The summed E-state index contributed by atoms with van der Waals surface area (Å²) in [6.07, 6.45) is 6.42. The molecule has 1 aromatic carbocycles. The van der Waals surface area contributed by atoms with Gasteiger partial charge in [-0.2, -0.15) is 0 Å². The summed E-state index contributed by atoms with van der Waals surface area (Å²) in [5, 5.41) is 0.637. The van der Waals surface area contributed by atoms with Crippen molar-refractivity contribution in [3.63, 3.8) is 0 Å². The lowest BCUT2D eigenvalue weighted by Crippen LogP contribution is -2.58. The number of carbonyl (C=O) groups excluding carboxylic acids is 2. The average molecular weight is 389 g/mol. The number of nitrogens with zero attached hydrogens (tertiary/aromatic N) is 4. The molecule has 27 heavy (non-hydrogen) atoms. The molecule has 2 aromatic rings. The number of halogens is 1. The van der Waals surface area contributed by atoms with Gasteiger partial charge in [0.05, 0.1) is 6.04 Å². The summed E-state index contributed by atoms with van der Waals surface area (Å²) in [7, 11) is 0. The molecule has 1 atom stereocenters. The smallest absolute Gasteiger partial charge is 0.246 e. The number of aryl methyl sites for hydroxylation is 1. The number of aromatic nitrogens is 2. The summed E-state index contributed by atoms with van der Waals surface area (Å²) in [6, 6.07) is 7.27. The van der Waals surface area contributed by atoms with Crippen LogP contribution in [0.15, 0.2) is 36.7 Å². The van der Waals surface area contributed by atoms with E-state index in [1.54, 1.807) is 34.3 Å². The van der Waals surface area contributed by atoms with Gasteiger partial charge >= 0.3 is 0 Å². The standard InChI is InChI=1S/C20H25ClN4O2/c1-3-4-5-18-12-24(17-8-6-16(21)7-9-17)20(27)14-25(18)19(26)13-23-11-10-22-15(23)2/h6-11,18H,3-5,12-14H2,1-2H3/t18-/m1/s1. The Morgan fingerprint density at radius 3 is 2.67 bits per heavy atom. The summed E-state index contributed by atoms with van der Waals surface area (Å²) in [5.74, 6) is 0.682. The molecule has 0 saturated carbocycles. The first-order valence-corrected chi connectivity index (χ1v) is 9.70. The molecular weight excluding hydrogens is 364 g/mol. The third-order valence-electron chi connectivity index (χ3n) is 5.02. The van der Waals surface area contributed by atoms with Crippen LogP contribution in [0.2, 0.25) is 5.02 Å². The van der Waals surface area contributed by atoms with E-state index in [9.17, 15) is 9.59 Å². The molecule has 1 fully saturated rings. The molecule has 0 unspecified atom stereocenters. The average Bonchev–Trinajstić information content (AvgIpc) is 3.06. The molecule has 144 valence electrons. The first kappa shape index (κ1) is 19.4. The van der Waals surface area contributed by atoms with Gasteiger partial charge in [0.1, 0.15) is 18.9 Å². The molecule has 1 saturated heterocycles. The number of piperazine rings is 1. The largest absolute Gasteiger partial charge is 0.327 e. The Labute approximate surface area is 164 Å². The van der Waals surface area contributed by atoms with Crippen molar-refractivity contribution >= 4 is 29.1 Å². The minimum absolute atomic E-state index is 0.00894. The summed E-state index contributed by atoms with van der Waals surface area (Å²) in [4.78, 5) is 33.3. The SMILES string of the molecule is CCCC[C@@H]1CN(c2ccc(Cl)cc2)C(=O)CN1C(=O)Cn1ccnc1C. The normalized spacial score (nSPS) is 17.4. The van der Waals surface area contributed by atoms with Gasteiger partial charge in [0.2, 0.25) is 11.8 Å². The minimum atomic E-state index is -0.0687. The lowest BCUT2D eigenvalue weighted by Gasteiger charge is -2.41. The molecule has 6 nitrogen and oxygen atoms in total. The van der Waals surface area contributed by atoms with Gasteiger partial charge in [-0.25, -0.2) is 4.98 Å². The van der Waals surface area contributed by atoms with Crippen LogP contribution in [0.4, 0.5) is 5.69 Å². The van der Waals surface area contributed by atoms with Crippen molar-refractivity contribution in [3.8, 4) is 0 Å². The number of rotatable bonds is 6. The van der Waals surface area contributed by atoms with Crippen molar-refractivity contribution in [3.05, 3.63) is 47.5 Å². The monoisotopic (exact) mass is 388 g/mol. The van der Waals surface area contributed by atoms with Gasteiger partial charge in [-0.1, -0.05) is 31.4 Å². The van der Waals surface area contributed by atoms with Crippen molar-refractivity contribution in [2.45, 2.75) is 45.7 Å². The molecule has 1 aliphatic rings. The third kappa shape index (κ3) is 4.50. The number of hydrogen-bond acceptors (Lipinski definition) is 3. The van der Waals surface area contributed by atoms with E-state index in [4.69, 9.17) is 11.6 Å². The van der Waals surface area contributed by atoms with Crippen LogP contribution in [0, 0.1) is 6.92 Å². The highest BCUT2D eigenvalue weighted by Gasteiger charge is 2.35.